The second-order valence-electron chi connectivity index (χ2n) is 5.33. The zero-order valence-electron chi connectivity index (χ0n) is 12.9. The summed E-state index contributed by atoms with van der Waals surface area (Å²) in [7, 11) is 1.56. The Kier molecular flexibility index (Phi) is 4.79. The molecule has 1 aliphatic heterocycles. The molecule has 1 aliphatic rings. The first-order chi connectivity index (χ1) is 11.1. The van der Waals surface area contributed by atoms with Gasteiger partial charge in [0.2, 0.25) is 0 Å². The summed E-state index contributed by atoms with van der Waals surface area (Å²) in [5.41, 5.74) is 6.96. The van der Waals surface area contributed by atoms with E-state index in [1.807, 2.05) is 0 Å². The zero-order chi connectivity index (χ0) is 16.4. The third-order valence-electron chi connectivity index (χ3n) is 3.44. The van der Waals surface area contributed by atoms with Crippen LogP contribution in [0.4, 0.5) is 5.82 Å². The summed E-state index contributed by atoms with van der Waals surface area (Å²) in [6, 6.07) is 0. The molecule has 124 valence electrons. The highest BCUT2D eigenvalue weighted by atomic mass is 31.1. The third kappa shape index (κ3) is 3.46. The highest BCUT2D eigenvalue weighted by Crippen LogP contribution is 2.26. The van der Waals surface area contributed by atoms with Gasteiger partial charge in [0.25, 0.3) is 0 Å². The second kappa shape index (κ2) is 6.81. The van der Waals surface area contributed by atoms with Gasteiger partial charge in [-0.15, -0.1) is 4.52 Å². The SMILES string of the molecule is CN(C)[P+](=O)OC[C@@H]1CNC[C@H](n2cnc3c(N)ncnc32)O1. The van der Waals surface area contributed by atoms with Crippen molar-refractivity contribution in [2.45, 2.75) is 12.3 Å². The molecule has 2 aromatic heterocycles. The standard InChI is InChI=1S/C12H19N7O3P/c1-18(2)23(20)21-5-8-3-14-4-9(22-8)19-7-17-10-11(13)15-6-16-12(10)19/h6-9,14H,3-5H2,1-2H3,(H2,13,15,16)/q+1/t8-,9+/m0/s1. The van der Waals surface area contributed by atoms with Crippen molar-refractivity contribution in [3.63, 3.8) is 0 Å². The number of nitrogen functional groups attached to an aromatic ring is 1. The van der Waals surface area contributed by atoms with E-state index in [0.717, 1.165) is 0 Å². The van der Waals surface area contributed by atoms with E-state index in [2.05, 4.69) is 20.3 Å². The van der Waals surface area contributed by atoms with Gasteiger partial charge in [-0.2, -0.15) is 0 Å². The van der Waals surface area contributed by atoms with Crippen molar-refractivity contribution in [2.75, 3.05) is 39.5 Å². The van der Waals surface area contributed by atoms with Crippen LogP contribution >= 0.6 is 8.18 Å². The van der Waals surface area contributed by atoms with Crippen LogP contribution in [0.5, 0.6) is 0 Å². The van der Waals surface area contributed by atoms with E-state index in [1.165, 1.54) is 11.0 Å². The molecule has 23 heavy (non-hydrogen) atoms. The molecule has 10 nitrogen and oxygen atoms in total. The van der Waals surface area contributed by atoms with Crippen LogP contribution in [0.3, 0.4) is 0 Å². The average molecular weight is 340 g/mol. The molecule has 3 N–H and O–H groups in total. The fourth-order valence-electron chi connectivity index (χ4n) is 2.29. The molecule has 0 radical (unpaired) electrons. The maximum atomic E-state index is 11.6. The second-order valence-corrected chi connectivity index (χ2v) is 6.87. The first-order valence-electron chi connectivity index (χ1n) is 7.13. The Hall–Kier alpha value is -1.71. The number of ether oxygens (including phenoxy) is 1. The quantitative estimate of drug-likeness (QED) is 0.732. The summed E-state index contributed by atoms with van der Waals surface area (Å²) in [6.45, 7) is 1.46. The molecule has 1 fully saturated rings. The molecule has 0 spiro atoms. The number of nitrogens with zero attached hydrogens (tertiary/aromatic N) is 5. The van der Waals surface area contributed by atoms with Crippen molar-refractivity contribution in [2.24, 2.45) is 0 Å². The minimum atomic E-state index is -1.84. The van der Waals surface area contributed by atoms with Gasteiger partial charge in [-0.25, -0.2) is 15.0 Å². The summed E-state index contributed by atoms with van der Waals surface area (Å²) < 4.78 is 26.3. The molecule has 0 aromatic carbocycles. The van der Waals surface area contributed by atoms with Crippen molar-refractivity contribution in [3.8, 4) is 0 Å². The largest absolute Gasteiger partial charge is 0.615 e. The van der Waals surface area contributed by atoms with Gasteiger partial charge >= 0.3 is 8.18 Å². The van der Waals surface area contributed by atoms with Crippen LogP contribution in [0.2, 0.25) is 0 Å². The van der Waals surface area contributed by atoms with E-state index in [1.54, 1.807) is 25.0 Å². The van der Waals surface area contributed by atoms with Gasteiger partial charge in [-0.3, -0.25) is 4.57 Å². The number of hydrogen-bond acceptors (Lipinski definition) is 8. The molecule has 0 saturated carbocycles. The van der Waals surface area contributed by atoms with E-state index >= 15 is 0 Å². The van der Waals surface area contributed by atoms with E-state index in [4.69, 9.17) is 15.0 Å². The lowest BCUT2D eigenvalue weighted by Crippen LogP contribution is -2.44. The van der Waals surface area contributed by atoms with Crippen LogP contribution in [-0.2, 0) is 13.8 Å². The van der Waals surface area contributed by atoms with Crippen molar-refractivity contribution in [3.05, 3.63) is 12.7 Å². The minimum Gasteiger partial charge on any atom is -0.382 e. The van der Waals surface area contributed by atoms with Crippen LogP contribution in [-0.4, -0.2) is 64.1 Å². The fourth-order valence-corrected chi connectivity index (χ4v) is 2.82. The maximum Gasteiger partial charge on any atom is 0.615 e. The highest BCUT2D eigenvalue weighted by Gasteiger charge is 2.29. The van der Waals surface area contributed by atoms with Gasteiger partial charge < -0.3 is 15.8 Å². The Bertz CT molecular complexity index is 707. The van der Waals surface area contributed by atoms with E-state index in [-0.39, 0.29) is 18.9 Å². The van der Waals surface area contributed by atoms with Gasteiger partial charge in [-0.1, -0.05) is 4.67 Å². The first kappa shape index (κ1) is 16.2. The van der Waals surface area contributed by atoms with Gasteiger partial charge in [0.05, 0.1) is 6.33 Å². The molecule has 0 amide bonds. The molecule has 3 rings (SSSR count). The van der Waals surface area contributed by atoms with E-state index < -0.39 is 8.18 Å². The fraction of sp³-hybridized carbons (Fsp3) is 0.583. The number of nitrogens with one attached hydrogen (secondary N) is 1. The lowest BCUT2D eigenvalue weighted by atomic mass is 10.3. The van der Waals surface area contributed by atoms with Crippen LogP contribution in [0.15, 0.2) is 12.7 Å². The van der Waals surface area contributed by atoms with Crippen molar-refractivity contribution in [1.82, 2.24) is 29.5 Å². The Morgan fingerprint density at radius 1 is 1.48 bits per heavy atom. The minimum absolute atomic E-state index is 0.218. The Morgan fingerprint density at radius 2 is 2.30 bits per heavy atom. The number of nitrogens with two attached hydrogens (primary N) is 1. The van der Waals surface area contributed by atoms with Crippen LogP contribution in [0, 0.1) is 0 Å². The molecule has 0 aliphatic carbocycles. The molecule has 1 saturated heterocycles. The smallest absolute Gasteiger partial charge is 0.382 e. The van der Waals surface area contributed by atoms with Crippen molar-refractivity contribution < 1.29 is 13.8 Å². The Balaban J connectivity index is 1.70. The predicted molar refractivity (Wildman–Crippen MR) is 83.8 cm³/mol. The van der Waals surface area contributed by atoms with Gasteiger partial charge in [0.15, 0.2) is 11.5 Å². The number of hydrogen-bond donors (Lipinski definition) is 2. The number of morpholine rings is 1. The van der Waals surface area contributed by atoms with Gasteiger partial charge in [0, 0.05) is 27.2 Å². The van der Waals surface area contributed by atoms with Crippen LogP contribution in [0.25, 0.3) is 11.2 Å². The Labute approximate surface area is 133 Å². The normalized spacial score (nSPS) is 22.7. The predicted octanol–water partition coefficient (Wildman–Crippen LogP) is 0.131. The van der Waals surface area contributed by atoms with E-state index in [9.17, 15) is 4.57 Å². The summed E-state index contributed by atoms with van der Waals surface area (Å²) in [6.07, 6.45) is 2.51. The van der Waals surface area contributed by atoms with Crippen molar-refractivity contribution in [1.29, 1.82) is 0 Å². The molecule has 0 bridgehead atoms. The first-order valence-corrected chi connectivity index (χ1v) is 8.26. The summed E-state index contributed by atoms with van der Waals surface area (Å²) in [5, 5.41) is 3.27. The summed E-state index contributed by atoms with van der Waals surface area (Å²) >= 11 is 0. The number of aromatic nitrogens is 4. The van der Waals surface area contributed by atoms with Gasteiger partial charge in [0.1, 0.15) is 30.8 Å². The van der Waals surface area contributed by atoms with Crippen LogP contribution < -0.4 is 11.1 Å². The van der Waals surface area contributed by atoms with Crippen molar-refractivity contribution >= 4 is 25.2 Å². The number of fused-ring (bicyclic) bond motifs is 1. The number of imidazole rings is 1. The monoisotopic (exact) mass is 340 g/mol. The highest BCUT2D eigenvalue weighted by molar-refractivity contribution is 7.36. The van der Waals surface area contributed by atoms with Gasteiger partial charge in [-0.05, 0) is 4.57 Å². The molecule has 1 unspecified atom stereocenters. The zero-order valence-corrected chi connectivity index (χ0v) is 13.8. The summed E-state index contributed by atoms with van der Waals surface area (Å²) in [4.78, 5) is 12.4. The topological polar surface area (TPSA) is 120 Å². The molecular weight excluding hydrogens is 321 g/mol. The average Bonchev–Trinajstić information content (AvgIpc) is 2.98. The van der Waals surface area contributed by atoms with E-state index in [0.29, 0.717) is 30.1 Å². The maximum absolute atomic E-state index is 11.6. The Morgan fingerprint density at radius 3 is 3.09 bits per heavy atom. The number of anilines is 1. The lowest BCUT2D eigenvalue weighted by Gasteiger charge is -2.30. The third-order valence-corrected chi connectivity index (χ3v) is 4.46. The molecule has 2 aromatic rings. The number of rotatable bonds is 5. The summed E-state index contributed by atoms with van der Waals surface area (Å²) in [5.74, 6) is 0.334. The molecular formula is C12H19N7O3P+. The van der Waals surface area contributed by atoms with Crippen LogP contribution in [0.1, 0.15) is 6.23 Å². The molecule has 3 atom stereocenters. The lowest BCUT2D eigenvalue weighted by molar-refractivity contribution is -0.0893. The molecule has 3 heterocycles. The molecule has 11 heteroatoms.